The number of carbonyl (C=O) groups is 2. The van der Waals surface area contributed by atoms with E-state index < -0.39 is 0 Å². The third-order valence-corrected chi connectivity index (χ3v) is 4.11. The van der Waals surface area contributed by atoms with Gasteiger partial charge in [-0.25, -0.2) is 9.59 Å². The second-order valence-electron chi connectivity index (χ2n) is 6.38. The molecule has 1 aromatic rings. The molecule has 2 aliphatic rings. The first-order valence-electron chi connectivity index (χ1n) is 9.73. The molecule has 3 rings (SSSR count). The van der Waals surface area contributed by atoms with Gasteiger partial charge in [-0.15, -0.1) is 6.58 Å². The van der Waals surface area contributed by atoms with E-state index in [0.29, 0.717) is 26.3 Å². The molecule has 0 bridgehead atoms. The molecule has 8 nitrogen and oxygen atoms in total. The number of thiocarbonyl (C=S) groups is 1. The van der Waals surface area contributed by atoms with Crippen LogP contribution in [-0.2, 0) is 14.2 Å². The van der Waals surface area contributed by atoms with E-state index in [1.165, 1.54) is 0 Å². The van der Waals surface area contributed by atoms with Crippen LogP contribution in [0.1, 0.15) is 20.8 Å². The highest BCUT2D eigenvalue weighted by molar-refractivity contribution is 7.80. The molecule has 1 atom stereocenters. The molecular weight excluding hydrogens is 406 g/mol. The Morgan fingerprint density at radius 1 is 1.27 bits per heavy atom. The Hall–Kier alpha value is -2.65. The fourth-order valence-electron chi connectivity index (χ4n) is 2.64. The van der Waals surface area contributed by atoms with Crippen LogP contribution in [0.15, 0.2) is 36.9 Å². The lowest BCUT2D eigenvalue weighted by Crippen LogP contribution is -2.25. The largest absolute Gasteiger partial charge is 0.447 e. The maximum atomic E-state index is 11.6. The molecule has 9 heteroatoms. The summed E-state index contributed by atoms with van der Waals surface area (Å²) in [5.41, 5.74) is 1.54. The summed E-state index contributed by atoms with van der Waals surface area (Å²) in [5.74, 6) is 0. The molecule has 0 spiro atoms. The van der Waals surface area contributed by atoms with Crippen LogP contribution < -0.4 is 15.1 Å². The summed E-state index contributed by atoms with van der Waals surface area (Å²) >= 11 is 4.82. The van der Waals surface area contributed by atoms with Crippen molar-refractivity contribution in [3.05, 3.63) is 36.9 Å². The number of likely N-dealkylation sites (N-methyl/N-ethyl adjacent to an activating group) is 1. The summed E-state index contributed by atoms with van der Waals surface area (Å²) in [4.78, 5) is 26.9. The minimum absolute atomic E-state index is 0.0965. The van der Waals surface area contributed by atoms with Crippen LogP contribution in [0.5, 0.6) is 0 Å². The molecule has 1 unspecified atom stereocenters. The maximum absolute atomic E-state index is 11.6. The number of amides is 2. The summed E-state index contributed by atoms with van der Waals surface area (Å²) < 4.78 is 14.7. The van der Waals surface area contributed by atoms with E-state index in [-0.39, 0.29) is 18.3 Å². The lowest BCUT2D eigenvalue weighted by Gasteiger charge is -2.16. The van der Waals surface area contributed by atoms with Gasteiger partial charge in [-0.05, 0) is 45.0 Å². The SMILES string of the molecule is C=CC.CC1CN(c2ccc(N3CCOC3=O)cc2)C(=O)O1.CCNC(=S)COC. The van der Waals surface area contributed by atoms with Crippen molar-refractivity contribution in [3.8, 4) is 0 Å². The Morgan fingerprint density at radius 2 is 1.83 bits per heavy atom. The van der Waals surface area contributed by atoms with Crippen LogP contribution in [-0.4, -0.2) is 63.2 Å². The number of anilines is 2. The molecule has 2 aliphatic heterocycles. The van der Waals surface area contributed by atoms with Gasteiger partial charge in [0.05, 0.1) is 19.7 Å². The van der Waals surface area contributed by atoms with Gasteiger partial charge in [-0.1, -0.05) is 18.3 Å². The molecule has 2 heterocycles. The smallest absolute Gasteiger partial charge is 0.414 e. The van der Waals surface area contributed by atoms with E-state index in [1.54, 1.807) is 47.3 Å². The number of hydrogen-bond donors (Lipinski definition) is 1. The van der Waals surface area contributed by atoms with Crippen molar-refractivity contribution in [3.63, 3.8) is 0 Å². The van der Waals surface area contributed by atoms with Crippen molar-refractivity contribution >= 4 is 40.8 Å². The summed E-state index contributed by atoms with van der Waals surface area (Å²) in [7, 11) is 1.63. The molecule has 0 saturated carbocycles. The van der Waals surface area contributed by atoms with Crippen LogP contribution in [0.2, 0.25) is 0 Å². The molecule has 2 amide bonds. The number of allylic oxidation sites excluding steroid dienone is 1. The lowest BCUT2D eigenvalue weighted by atomic mass is 10.2. The fraction of sp³-hybridized carbons (Fsp3) is 0.476. The Morgan fingerprint density at radius 3 is 2.23 bits per heavy atom. The first-order chi connectivity index (χ1) is 14.4. The van der Waals surface area contributed by atoms with Gasteiger partial charge in [-0.2, -0.15) is 0 Å². The quantitative estimate of drug-likeness (QED) is 0.555. The molecule has 1 aromatic carbocycles. The third kappa shape index (κ3) is 8.00. The lowest BCUT2D eigenvalue weighted by molar-refractivity contribution is 0.150. The van der Waals surface area contributed by atoms with Gasteiger partial charge in [0, 0.05) is 25.0 Å². The number of benzene rings is 1. The average Bonchev–Trinajstić information content (AvgIpc) is 3.28. The molecule has 1 N–H and O–H groups in total. The fourth-order valence-corrected chi connectivity index (χ4v) is 2.90. The zero-order valence-electron chi connectivity index (χ0n) is 18.1. The van der Waals surface area contributed by atoms with Gasteiger partial charge < -0.3 is 19.5 Å². The number of cyclic esters (lactones) is 2. The van der Waals surface area contributed by atoms with Crippen molar-refractivity contribution in [2.24, 2.45) is 0 Å². The third-order valence-electron chi connectivity index (χ3n) is 3.85. The molecule has 166 valence electrons. The molecule has 0 radical (unpaired) electrons. The maximum Gasteiger partial charge on any atom is 0.414 e. The topological polar surface area (TPSA) is 80.3 Å². The molecule has 2 fully saturated rings. The highest BCUT2D eigenvalue weighted by Gasteiger charge is 2.29. The minimum Gasteiger partial charge on any atom is -0.447 e. The normalized spacial score (nSPS) is 17.1. The van der Waals surface area contributed by atoms with Crippen molar-refractivity contribution < 1.29 is 23.8 Å². The van der Waals surface area contributed by atoms with E-state index in [2.05, 4.69) is 11.9 Å². The second kappa shape index (κ2) is 13.6. The highest BCUT2D eigenvalue weighted by Crippen LogP contribution is 2.26. The van der Waals surface area contributed by atoms with Crippen molar-refractivity contribution in [2.75, 3.05) is 49.8 Å². The van der Waals surface area contributed by atoms with Crippen molar-refractivity contribution in [1.82, 2.24) is 5.32 Å². The van der Waals surface area contributed by atoms with E-state index in [1.807, 2.05) is 20.8 Å². The second-order valence-corrected chi connectivity index (χ2v) is 6.87. The number of carbonyl (C=O) groups excluding carboxylic acids is 2. The zero-order chi connectivity index (χ0) is 22.5. The average molecular weight is 438 g/mol. The predicted molar refractivity (Wildman–Crippen MR) is 122 cm³/mol. The van der Waals surface area contributed by atoms with Crippen LogP contribution in [0.25, 0.3) is 0 Å². The molecule has 30 heavy (non-hydrogen) atoms. The molecule has 0 aromatic heterocycles. The van der Waals surface area contributed by atoms with Gasteiger partial charge in [0.1, 0.15) is 17.7 Å². The van der Waals surface area contributed by atoms with E-state index in [9.17, 15) is 9.59 Å². The predicted octanol–water partition coefficient (Wildman–Crippen LogP) is 3.75. The van der Waals surface area contributed by atoms with Crippen LogP contribution in [0.3, 0.4) is 0 Å². The highest BCUT2D eigenvalue weighted by atomic mass is 32.1. The van der Waals surface area contributed by atoms with E-state index in [0.717, 1.165) is 22.9 Å². The summed E-state index contributed by atoms with van der Waals surface area (Å²) in [6.07, 6.45) is 0.989. The zero-order valence-corrected chi connectivity index (χ0v) is 18.9. The Balaban J connectivity index is 0.000000345. The van der Waals surface area contributed by atoms with Crippen molar-refractivity contribution in [1.29, 1.82) is 0 Å². The van der Waals surface area contributed by atoms with Gasteiger partial charge >= 0.3 is 12.2 Å². The monoisotopic (exact) mass is 437 g/mol. The van der Waals surface area contributed by atoms with Crippen LogP contribution >= 0.6 is 12.2 Å². The molecule has 0 aliphatic carbocycles. The van der Waals surface area contributed by atoms with E-state index in [4.69, 9.17) is 26.4 Å². The molecular formula is C21H31N3O5S. The first-order valence-corrected chi connectivity index (χ1v) is 10.1. The summed E-state index contributed by atoms with van der Waals surface area (Å²) in [5, 5.41) is 2.95. The Kier molecular flexibility index (Phi) is 11.5. The first kappa shape index (κ1) is 25.4. The van der Waals surface area contributed by atoms with Gasteiger partial charge in [0.25, 0.3) is 0 Å². The van der Waals surface area contributed by atoms with Gasteiger partial charge in [0.15, 0.2) is 0 Å². The summed E-state index contributed by atoms with van der Waals surface area (Å²) in [6, 6.07) is 7.22. The van der Waals surface area contributed by atoms with Crippen molar-refractivity contribution in [2.45, 2.75) is 26.9 Å². The number of nitrogens with one attached hydrogen (secondary N) is 1. The van der Waals surface area contributed by atoms with Crippen LogP contribution in [0, 0.1) is 0 Å². The van der Waals surface area contributed by atoms with E-state index >= 15 is 0 Å². The Labute approximate surface area is 183 Å². The Bertz CT molecular complexity index is 703. The molecule has 2 saturated heterocycles. The number of hydrogen-bond acceptors (Lipinski definition) is 6. The number of rotatable bonds is 5. The standard InChI is InChI=1S/C13H14N2O4.C5H11NOS.C3H6/c1-9-8-15(13(17)19-9)11-4-2-10(3-5-11)14-6-7-18-12(14)16;1-3-6-5(8)4-7-2;1-3-2/h2-5,9H,6-8H2,1H3;3-4H2,1-2H3,(H,6,8);3H,1H2,2H3. The number of ether oxygens (including phenoxy) is 3. The number of nitrogens with zero attached hydrogens (tertiary/aromatic N) is 2. The van der Waals surface area contributed by atoms with Crippen LogP contribution in [0.4, 0.5) is 21.0 Å². The minimum atomic E-state index is -0.333. The van der Waals surface area contributed by atoms with Gasteiger partial charge in [0.2, 0.25) is 0 Å². The number of methoxy groups -OCH3 is 1. The summed E-state index contributed by atoms with van der Waals surface area (Å²) in [6.45, 7) is 12.0. The van der Waals surface area contributed by atoms with Gasteiger partial charge in [-0.3, -0.25) is 9.80 Å².